The van der Waals surface area contributed by atoms with E-state index in [1.54, 1.807) is 11.0 Å². The maximum absolute atomic E-state index is 4.31. The summed E-state index contributed by atoms with van der Waals surface area (Å²) in [6.45, 7) is 3.81. The van der Waals surface area contributed by atoms with Gasteiger partial charge in [0.1, 0.15) is 11.8 Å². The van der Waals surface area contributed by atoms with Crippen LogP contribution in [0.2, 0.25) is 0 Å². The van der Waals surface area contributed by atoms with Crippen LogP contribution >= 0.6 is 0 Å². The predicted octanol–water partition coefficient (Wildman–Crippen LogP) is 0.648. The van der Waals surface area contributed by atoms with Crippen LogP contribution in [-0.2, 0) is 6.54 Å². The molecule has 7 heteroatoms. The number of H-pyrrole nitrogens is 1. The van der Waals surface area contributed by atoms with Gasteiger partial charge in [0.05, 0.1) is 12.5 Å². The third-order valence-corrected chi connectivity index (χ3v) is 2.64. The summed E-state index contributed by atoms with van der Waals surface area (Å²) in [6.07, 6.45) is 6.87. The molecule has 0 aromatic carbocycles. The van der Waals surface area contributed by atoms with Gasteiger partial charge in [0, 0.05) is 18.3 Å². The first-order valence-corrected chi connectivity index (χ1v) is 5.77. The maximum Gasteiger partial charge on any atom is 0.182 e. The van der Waals surface area contributed by atoms with E-state index in [1.807, 2.05) is 12.4 Å². The van der Waals surface area contributed by atoms with Crippen LogP contribution in [0.1, 0.15) is 12.5 Å². The van der Waals surface area contributed by atoms with Gasteiger partial charge in [-0.05, 0) is 6.54 Å². The summed E-state index contributed by atoms with van der Waals surface area (Å²) in [5.74, 6) is 0.709. The Morgan fingerprint density at radius 2 is 2.28 bits per heavy atom. The van der Waals surface area contributed by atoms with Crippen molar-refractivity contribution in [2.24, 2.45) is 0 Å². The van der Waals surface area contributed by atoms with Crippen molar-refractivity contribution < 1.29 is 0 Å². The normalized spacial score (nSPS) is 11.2. The Labute approximate surface area is 103 Å². The van der Waals surface area contributed by atoms with Crippen molar-refractivity contribution in [3.05, 3.63) is 30.6 Å². The van der Waals surface area contributed by atoms with Crippen molar-refractivity contribution >= 4 is 11.2 Å². The number of imidazole rings is 1. The topological polar surface area (TPSA) is 84.3 Å². The highest BCUT2D eigenvalue weighted by Gasteiger charge is 2.08. The second-order valence-electron chi connectivity index (χ2n) is 3.87. The Morgan fingerprint density at radius 1 is 1.33 bits per heavy atom. The fourth-order valence-electron chi connectivity index (χ4n) is 1.76. The lowest BCUT2D eigenvalue weighted by molar-refractivity contribution is 0.726. The second-order valence-corrected chi connectivity index (χ2v) is 3.87. The van der Waals surface area contributed by atoms with E-state index in [0.717, 1.165) is 24.2 Å². The van der Waals surface area contributed by atoms with Gasteiger partial charge in [-0.15, -0.1) is 0 Å². The largest absolute Gasteiger partial charge is 0.340 e. The Morgan fingerprint density at radius 3 is 3.17 bits per heavy atom. The van der Waals surface area contributed by atoms with Crippen LogP contribution in [0.25, 0.3) is 17.0 Å². The van der Waals surface area contributed by atoms with Gasteiger partial charge >= 0.3 is 0 Å². The third kappa shape index (κ3) is 1.84. The lowest BCUT2D eigenvalue weighted by atomic mass is 10.3. The van der Waals surface area contributed by atoms with E-state index >= 15 is 0 Å². The van der Waals surface area contributed by atoms with Crippen molar-refractivity contribution in [1.29, 1.82) is 0 Å². The van der Waals surface area contributed by atoms with Gasteiger partial charge in [0.15, 0.2) is 11.5 Å². The van der Waals surface area contributed by atoms with Gasteiger partial charge in [-0.1, -0.05) is 6.92 Å². The van der Waals surface area contributed by atoms with Crippen LogP contribution in [0.5, 0.6) is 0 Å². The zero-order valence-electron chi connectivity index (χ0n) is 9.96. The molecule has 0 spiro atoms. The number of nitrogens with zero attached hydrogens (tertiary/aromatic N) is 5. The lowest BCUT2D eigenvalue weighted by Gasteiger charge is -2.00. The fraction of sp³-hybridized carbons (Fsp3) is 0.273. The van der Waals surface area contributed by atoms with Gasteiger partial charge in [-0.25, -0.2) is 19.6 Å². The molecule has 0 aliphatic carbocycles. The summed E-state index contributed by atoms with van der Waals surface area (Å²) in [5, 5.41) is 7.56. The van der Waals surface area contributed by atoms with E-state index in [0.29, 0.717) is 11.5 Å². The minimum atomic E-state index is 0.642. The molecule has 3 rings (SSSR count). The van der Waals surface area contributed by atoms with Crippen LogP contribution in [0.4, 0.5) is 0 Å². The number of aromatic amines is 1. The molecule has 0 unspecified atom stereocenters. The van der Waals surface area contributed by atoms with Crippen molar-refractivity contribution in [2.45, 2.75) is 13.5 Å². The first kappa shape index (κ1) is 10.8. The number of fused-ring (bicyclic) bond motifs is 1. The second kappa shape index (κ2) is 4.53. The number of aromatic nitrogens is 6. The molecule has 18 heavy (non-hydrogen) atoms. The van der Waals surface area contributed by atoms with Crippen LogP contribution < -0.4 is 5.32 Å². The molecule has 0 aliphatic heterocycles. The van der Waals surface area contributed by atoms with Gasteiger partial charge in [0.25, 0.3) is 0 Å². The molecule has 92 valence electrons. The Balaban J connectivity index is 1.98. The summed E-state index contributed by atoms with van der Waals surface area (Å²) in [7, 11) is 0. The van der Waals surface area contributed by atoms with E-state index in [2.05, 4.69) is 37.3 Å². The summed E-state index contributed by atoms with van der Waals surface area (Å²) in [6, 6.07) is 0. The maximum atomic E-state index is 4.31. The van der Waals surface area contributed by atoms with E-state index in [9.17, 15) is 0 Å². The molecule has 2 N–H and O–H groups in total. The van der Waals surface area contributed by atoms with Crippen molar-refractivity contribution in [2.75, 3.05) is 6.54 Å². The van der Waals surface area contributed by atoms with Crippen LogP contribution in [0.3, 0.4) is 0 Å². The molecule has 0 fully saturated rings. The first-order chi connectivity index (χ1) is 8.88. The van der Waals surface area contributed by atoms with Crippen molar-refractivity contribution in [3.63, 3.8) is 0 Å². The monoisotopic (exact) mass is 243 g/mol. The zero-order chi connectivity index (χ0) is 12.4. The molecule has 0 saturated carbocycles. The number of rotatable bonds is 4. The van der Waals surface area contributed by atoms with Crippen molar-refractivity contribution in [1.82, 2.24) is 35.0 Å². The average Bonchev–Trinajstić information content (AvgIpc) is 3.04. The highest BCUT2D eigenvalue weighted by Crippen LogP contribution is 2.13. The molecule has 0 aliphatic rings. The van der Waals surface area contributed by atoms with Crippen LogP contribution in [0.15, 0.2) is 25.0 Å². The van der Waals surface area contributed by atoms with Gasteiger partial charge in [0.2, 0.25) is 0 Å². The van der Waals surface area contributed by atoms with E-state index in [4.69, 9.17) is 0 Å². The average molecular weight is 243 g/mol. The number of hydrogen-bond donors (Lipinski definition) is 2. The van der Waals surface area contributed by atoms with Gasteiger partial charge in [-0.3, -0.25) is 0 Å². The lowest BCUT2D eigenvalue weighted by Crippen LogP contribution is -2.11. The molecule has 3 heterocycles. The molecule has 0 amide bonds. The summed E-state index contributed by atoms with van der Waals surface area (Å²) in [5.41, 5.74) is 2.54. The highest BCUT2D eigenvalue weighted by atomic mass is 15.3. The van der Waals surface area contributed by atoms with Gasteiger partial charge in [-0.2, -0.15) is 5.10 Å². The quantitative estimate of drug-likeness (QED) is 0.702. The summed E-state index contributed by atoms with van der Waals surface area (Å²) in [4.78, 5) is 15.4. The molecular formula is C11H13N7. The Bertz CT molecular complexity index is 654. The van der Waals surface area contributed by atoms with E-state index in [1.165, 1.54) is 6.33 Å². The van der Waals surface area contributed by atoms with Gasteiger partial charge < -0.3 is 10.3 Å². The third-order valence-electron chi connectivity index (χ3n) is 2.64. The molecule has 0 atom stereocenters. The Kier molecular flexibility index (Phi) is 2.73. The minimum absolute atomic E-state index is 0.642. The Hall–Kier alpha value is -2.28. The fourth-order valence-corrected chi connectivity index (χ4v) is 1.76. The van der Waals surface area contributed by atoms with E-state index < -0.39 is 0 Å². The SMILES string of the molecule is CCNCc1cnn(-c2ncnc3nc[nH]c23)c1. The van der Waals surface area contributed by atoms with E-state index in [-0.39, 0.29) is 0 Å². The molecule has 7 nitrogen and oxygen atoms in total. The molecule has 0 radical (unpaired) electrons. The van der Waals surface area contributed by atoms with Crippen LogP contribution in [0, 0.1) is 0 Å². The molecule has 0 bridgehead atoms. The minimum Gasteiger partial charge on any atom is -0.340 e. The number of hydrogen-bond acceptors (Lipinski definition) is 5. The summed E-state index contributed by atoms with van der Waals surface area (Å²) < 4.78 is 1.73. The molecule has 3 aromatic heterocycles. The highest BCUT2D eigenvalue weighted by molar-refractivity contribution is 5.77. The predicted molar refractivity (Wildman–Crippen MR) is 66.2 cm³/mol. The number of nitrogens with one attached hydrogen (secondary N) is 2. The molecule has 3 aromatic rings. The van der Waals surface area contributed by atoms with Crippen LogP contribution in [-0.4, -0.2) is 36.3 Å². The smallest absolute Gasteiger partial charge is 0.182 e. The standard InChI is InChI=1S/C11H13N7/c1-2-12-3-8-4-17-18(5-8)11-9-10(14-6-13-9)15-7-16-11/h4-7,12H,2-3H2,1H3,(H,13,14,15,16). The van der Waals surface area contributed by atoms with Crippen molar-refractivity contribution in [3.8, 4) is 5.82 Å². The summed E-state index contributed by atoms with van der Waals surface area (Å²) >= 11 is 0. The first-order valence-electron chi connectivity index (χ1n) is 5.77. The molecular weight excluding hydrogens is 230 g/mol. The molecule has 0 saturated heterocycles. The zero-order valence-corrected chi connectivity index (χ0v) is 9.96.